The van der Waals surface area contributed by atoms with Crippen LogP contribution in [0.5, 0.6) is 0 Å². The zero-order chi connectivity index (χ0) is 14.2. The Hall–Kier alpha value is -0.600. The minimum atomic E-state index is -0.228. The zero-order valence-corrected chi connectivity index (χ0v) is 12.9. The van der Waals surface area contributed by atoms with Crippen LogP contribution < -0.4 is 5.32 Å². The Morgan fingerprint density at radius 1 is 1.42 bits per heavy atom. The molecule has 1 aliphatic carbocycles. The Morgan fingerprint density at radius 2 is 2.11 bits per heavy atom. The van der Waals surface area contributed by atoms with Crippen molar-refractivity contribution in [3.63, 3.8) is 0 Å². The van der Waals surface area contributed by atoms with Crippen LogP contribution in [0.1, 0.15) is 50.3 Å². The number of benzene rings is 1. The van der Waals surface area contributed by atoms with Crippen molar-refractivity contribution in [2.75, 3.05) is 7.05 Å². The van der Waals surface area contributed by atoms with E-state index in [4.69, 9.17) is 11.6 Å². The number of hydrogen-bond acceptors (Lipinski definition) is 1. The van der Waals surface area contributed by atoms with Crippen LogP contribution >= 0.6 is 11.6 Å². The maximum Gasteiger partial charge on any atom is 0.127 e. The van der Waals surface area contributed by atoms with Crippen LogP contribution in [-0.2, 0) is 0 Å². The molecule has 1 nitrogen and oxygen atoms in total. The molecule has 0 aromatic heterocycles. The second kappa shape index (κ2) is 5.41. The fourth-order valence-electron chi connectivity index (χ4n) is 3.46. The predicted octanol–water partition coefficient (Wildman–Crippen LogP) is 4.87. The third-order valence-electron chi connectivity index (χ3n) is 4.67. The van der Waals surface area contributed by atoms with Crippen LogP contribution in [0.25, 0.3) is 0 Å². The molecule has 1 aromatic carbocycles. The molecular weight excluding hydrogens is 261 g/mol. The summed E-state index contributed by atoms with van der Waals surface area (Å²) < 4.78 is 13.6. The average Bonchev–Trinajstić information content (AvgIpc) is 2.67. The third kappa shape index (κ3) is 2.80. The first-order chi connectivity index (χ1) is 8.86. The molecule has 1 aromatic rings. The number of rotatable bonds is 3. The fourth-order valence-corrected chi connectivity index (χ4v) is 3.73. The maximum atomic E-state index is 13.6. The van der Waals surface area contributed by atoms with Gasteiger partial charge in [-0.05, 0) is 55.3 Å². The molecule has 0 heterocycles. The van der Waals surface area contributed by atoms with Gasteiger partial charge in [-0.2, -0.15) is 0 Å². The molecule has 0 bridgehead atoms. The quantitative estimate of drug-likeness (QED) is 0.834. The van der Waals surface area contributed by atoms with Crippen molar-refractivity contribution < 1.29 is 4.39 Å². The molecular formula is C16H23ClFN. The van der Waals surface area contributed by atoms with Gasteiger partial charge in [0.25, 0.3) is 0 Å². The first-order valence-electron chi connectivity index (χ1n) is 6.99. The van der Waals surface area contributed by atoms with E-state index in [1.54, 1.807) is 6.92 Å². The SMILES string of the molecule is CNC(c1cc(C)c(F)cc1Cl)C1CCCC1(C)C. The summed E-state index contributed by atoms with van der Waals surface area (Å²) in [6, 6.07) is 3.54. The van der Waals surface area contributed by atoms with E-state index in [0.717, 1.165) is 5.56 Å². The molecule has 0 saturated heterocycles. The van der Waals surface area contributed by atoms with Gasteiger partial charge in [-0.15, -0.1) is 0 Å². The van der Waals surface area contributed by atoms with Crippen molar-refractivity contribution in [2.24, 2.45) is 11.3 Å². The minimum Gasteiger partial charge on any atom is -0.313 e. The van der Waals surface area contributed by atoms with Gasteiger partial charge in [0.15, 0.2) is 0 Å². The number of nitrogens with one attached hydrogen (secondary N) is 1. The van der Waals surface area contributed by atoms with Crippen LogP contribution in [-0.4, -0.2) is 7.05 Å². The average molecular weight is 284 g/mol. The van der Waals surface area contributed by atoms with Crippen LogP contribution in [0.2, 0.25) is 5.02 Å². The number of halogens is 2. The predicted molar refractivity (Wildman–Crippen MR) is 79.1 cm³/mol. The lowest BCUT2D eigenvalue weighted by atomic mass is 9.75. The van der Waals surface area contributed by atoms with E-state index in [2.05, 4.69) is 19.2 Å². The molecule has 106 valence electrons. The normalized spacial score (nSPS) is 23.6. The van der Waals surface area contributed by atoms with Crippen LogP contribution in [0.15, 0.2) is 12.1 Å². The second-order valence-electron chi connectivity index (χ2n) is 6.38. The first kappa shape index (κ1) is 14.8. The molecule has 1 aliphatic rings. The minimum absolute atomic E-state index is 0.198. The van der Waals surface area contributed by atoms with Crippen LogP contribution in [0, 0.1) is 24.1 Å². The van der Waals surface area contributed by atoms with E-state index in [0.29, 0.717) is 21.9 Å². The van der Waals surface area contributed by atoms with E-state index in [9.17, 15) is 4.39 Å². The van der Waals surface area contributed by atoms with Crippen molar-refractivity contribution in [3.05, 3.63) is 34.1 Å². The lowest BCUT2D eigenvalue weighted by Crippen LogP contribution is -2.32. The summed E-state index contributed by atoms with van der Waals surface area (Å²) in [5.74, 6) is 0.314. The van der Waals surface area contributed by atoms with Gasteiger partial charge < -0.3 is 5.32 Å². The van der Waals surface area contributed by atoms with Crippen molar-refractivity contribution in [1.82, 2.24) is 5.32 Å². The summed E-state index contributed by atoms with van der Waals surface area (Å²) in [4.78, 5) is 0. The van der Waals surface area contributed by atoms with Gasteiger partial charge in [-0.1, -0.05) is 37.9 Å². The van der Waals surface area contributed by atoms with E-state index >= 15 is 0 Å². The smallest absolute Gasteiger partial charge is 0.127 e. The van der Waals surface area contributed by atoms with Crippen LogP contribution in [0.3, 0.4) is 0 Å². The molecule has 1 saturated carbocycles. The highest BCUT2D eigenvalue weighted by Gasteiger charge is 2.40. The van der Waals surface area contributed by atoms with Gasteiger partial charge in [-0.3, -0.25) is 0 Å². The Balaban J connectivity index is 2.40. The first-order valence-corrected chi connectivity index (χ1v) is 7.37. The van der Waals surface area contributed by atoms with Gasteiger partial charge in [0.05, 0.1) is 0 Å². The lowest BCUT2D eigenvalue weighted by molar-refractivity contribution is 0.203. The highest BCUT2D eigenvalue weighted by Crippen LogP contribution is 2.49. The Labute approximate surface area is 120 Å². The van der Waals surface area contributed by atoms with E-state index in [-0.39, 0.29) is 11.9 Å². The molecule has 0 spiro atoms. The monoisotopic (exact) mass is 283 g/mol. The van der Waals surface area contributed by atoms with Gasteiger partial charge in [0.2, 0.25) is 0 Å². The third-order valence-corrected chi connectivity index (χ3v) is 4.99. The van der Waals surface area contributed by atoms with Gasteiger partial charge in [0.1, 0.15) is 5.82 Å². The highest BCUT2D eigenvalue weighted by atomic mass is 35.5. The Kier molecular flexibility index (Phi) is 4.22. The van der Waals surface area contributed by atoms with Gasteiger partial charge >= 0.3 is 0 Å². The van der Waals surface area contributed by atoms with E-state index in [1.165, 1.54) is 25.3 Å². The Morgan fingerprint density at radius 3 is 2.63 bits per heavy atom. The molecule has 0 aliphatic heterocycles. The molecule has 2 atom stereocenters. The molecule has 1 N–H and O–H groups in total. The van der Waals surface area contributed by atoms with E-state index < -0.39 is 0 Å². The topological polar surface area (TPSA) is 12.0 Å². The van der Waals surface area contributed by atoms with Crippen molar-refractivity contribution >= 4 is 11.6 Å². The summed E-state index contributed by atoms with van der Waals surface area (Å²) >= 11 is 6.27. The van der Waals surface area contributed by atoms with Gasteiger partial charge in [0, 0.05) is 11.1 Å². The fraction of sp³-hybridized carbons (Fsp3) is 0.625. The summed E-state index contributed by atoms with van der Waals surface area (Å²) in [6.45, 7) is 6.43. The van der Waals surface area contributed by atoms with Crippen LogP contribution in [0.4, 0.5) is 4.39 Å². The molecule has 2 unspecified atom stereocenters. The largest absolute Gasteiger partial charge is 0.313 e. The van der Waals surface area contributed by atoms with Crippen molar-refractivity contribution in [2.45, 2.75) is 46.1 Å². The maximum absolute atomic E-state index is 13.6. The van der Waals surface area contributed by atoms with Gasteiger partial charge in [-0.25, -0.2) is 4.39 Å². The summed E-state index contributed by atoms with van der Waals surface area (Å²) in [5.41, 5.74) is 2.00. The molecule has 3 heteroatoms. The molecule has 0 amide bonds. The highest BCUT2D eigenvalue weighted by molar-refractivity contribution is 6.31. The summed E-state index contributed by atoms with van der Waals surface area (Å²) in [7, 11) is 1.97. The molecule has 0 radical (unpaired) electrons. The van der Waals surface area contributed by atoms with Crippen molar-refractivity contribution in [1.29, 1.82) is 0 Å². The Bertz CT molecular complexity index is 470. The second-order valence-corrected chi connectivity index (χ2v) is 6.78. The summed E-state index contributed by atoms with van der Waals surface area (Å²) in [5, 5.41) is 3.93. The molecule has 2 rings (SSSR count). The number of aryl methyl sites for hydroxylation is 1. The molecule has 19 heavy (non-hydrogen) atoms. The molecule has 1 fully saturated rings. The van der Waals surface area contributed by atoms with Crippen molar-refractivity contribution in [3.8, 4) is 0 Å². The number of hydrogen-bond donors (Lipinski definition) is 1. The lowest BCUT2D eigenvalue weighted by Gasteiger charge is -2.35. The summed E-state index contributed by atoms with van der Waals surface area (Å²) in [6.07, 6.45) is 3.70. The van der Waals surface area contributed by atoms with E-state index in [1.807, 2.05) is 13.1 Å². The standard InChI is InChI=1S/C16H23ClFN/c1-10-8-11(13(17)9-14(10)18)15(19-4)12-6-5-7-16(12,2)3/h8-9,12,15,19H,5-7H2,1-4H3. The zero-order valence-electron chi connectivity index (χ0n) is 12.2.